The molecule has 0 aromatic heterocycles. The van der Waals surface area contributed by atoms with Crippen LogP contribution in [0.3, 0.4) is 0 Å². The third kappa shape index (κ3) is 5.96. The number of hydrogen-bond acceptors (Lipinski definition) is 1. The Labute approximate surface area is 48.7 Å². The van der Waals surface area contributed by atoms with Crippen molar-refractivity contribution in [1.29, 1.82) is 0 Å². The topological polar surface area (TPSA) is 17.1 Å². The molecule has 0 aromatic rings. The van der Waals surface area contributed by atoms with Crippen LogP contribution >= 0.6 is 11.6 Å². The summed E-state index contributed by atoms with van der Waals surface area (Å²) < 4.78 is 0. The highest BCUT2D eigenvalue weighted by Gasteiger charge is 1.97. The largest absolute Gasteiger partial charge is 0.300 e. The average molecular weight is 121 g/mol. The van der Waals surface area contributed by atoms with Gasteiger partial charge in [0.15, 0.2) is 0 Å². The summed E-state index contributed by atoms with van der Waals surface area (Å²) in [5.41, 5.74) is 0. The Balaban J connectivity index is 3.13. The van der Waals surface area contributed by atoms with Crippen LogP contribution in [0.2, 0.25) is 0 Å². The van der Waals surface area contributed by atoms with Crippen molar-refractivity contribution in [3.05, 3.63) is 0 Å². The molecule has 1 nitrogen and oxygen atoms in total. The molecule has 0 fully saturated rings. The molecule has 0 saturated heterocycles. The average Bonchev–Trinajstić information content (AvgIpc) is 1.27. The molecular weight excluding hydrogens is 112 g/mol. The smallest absolute Gasteiger partial charge is 0.131 e. The van der Waals surface area contributed by atoms with Crippen LogP contribution in [0.5, 0.6) is 0 Å². The lowest BCUT2D eigenvalue weighted by molar-refractivity contribution is -0.116. The zero-order valence-corrected chi connectivity index (χ0v) is 5.33. The van der Waals surface area contributed by atoms with Crippen LogP contribution < -0.4 is 0 Å². The molecule has 0 amide bonds. The molecule has 0 aromatic carbocycles. The Morgan fingerprint density at radius 1 is 1.86 bits per heavy atom. The van der Waals surface area contributed by atoms with Crippen molar-refractivity contribution < 1.29 is 4.79 Å². The molecule has 0 bridgehead atoms. The van der Waals surface area contributed by atoms with Gasteiger partial charge in [0.1, 0.15) is 5.78 Å². The van der Waals surface area contributed by atoms with E-state index in [1.165, 1.54) is 0 Å². The van der Waals surface area contributed by atoms with Crippen LogP contribution in [0.1, 0.15) is 20.3 Å². The Hall–Kier alpha value is -0.0400. The van der Waals surface area contributed by atoms with Crippen LogP contribution in [0, 0.1) is 0 Å². The molecule has 42 valence electrons. The molecule has 0 spiro atoms. The van der Waals surface area contributed by atoms with Crippen LogP contribution in [0.4, 0.5) is 0 Å². The van der Waals surface area contributed by atoms with Crippen molar-refractivity contribution in [2.24, 2.45) is 0 Å². The molecule has 0 aliphatic rings. The standard InChI is InChI=1S/C5H9ClO/c1-4(6)3-5(2)7/h4H,3H2,1-2H3. The molecule has 0 aliphatic heterocycles. The number of Topliss-reactive ketones (excluding diaryl/α,β-unsaturated/α-hetero) is 1. The molecule has 0 saturated carbocycles. The first-order valence-electron chi connectivity index (χ1n) is 2.26. The summed E-state index contributed by atoms with van der Waals surface area (Å²) in [6, 6.07) is 0. The quantitative estimate of drug-likeness (QED) is 0.506. The molecule has 0 aliphatic carbocycles. The maximum atomic E-state index is 10.2. The SMILES string of the molecule is CC(=O)CC(C)Cl. The number of hydrogen-bond donors (Lipinski definition) is 0. The molecule has 0 N–H and O–H groups in total. The monoisotopic (exact) mass is 120 g/mol. The van der Waals surface area contributed by atoms with E-state index in [9.17, 15) is 4.79 Å². The highest BCUT2D eigenvalue weighted by atomic mass is 35.5. The van der Waals surface area contributed by atoms with Crippen LogP contribution in [0.25, 0.3) is 0 Å². The van der Waals surface area contributed by atoms with Gasteiger partial charge in [-0.25, -0.2) is 0 Å². The number of carbonyl (C=O) groups excluding carboxylic acids is 1. The van der Waals surface area contributed by atoms with E-state index in [4.69, 9.17) is 11.6 Å². The van der Waals surface area contributed by atoms with Gasteiger partial charge in [-0.3, -0.25) is 4.79 Å². The van der Waals surface area contributed by atoms with Gasteiger partial charge in [0, 0.05) is 11.8 Å². The Morgan fingerprint density at radius 2 is 2.29 bits per heavy atom. The number of halogens is 1. The van der Waals surface area contributed by atoms with Gasteiger partial charge >= 0.3 is 0 Å². The third-order valence-corrected chi connectivity index (χ3v) is 0.723. The lowest BCUT2D eigenvalue weighted by Gasteiger charge is -1.93. The second-order valence-electron chi connectivity index (χ2n) is 1.69. The summed E-state index contributed by atoms with van der Waals surface area (Å²) in [6.07, 6.45) is 0.488. The first-order valence-corrected chi connectivity index (χ1v) is 2.70. The summed E-state index contributed by atoms with van der Waals surface area (Å²) in [5, 5.41) is -0.00231. The summed E-state index contributed by atoms with van der Waals surface area (Å²) in [4.78, 5) is 10.2. The van der Waals surface area contributed by atoms with Crippen molar-refractivity contribution in [3.8, 4) is 0 Å². The maximum absolute atomic E-state index is 10.2. The highest BCUT2D eigenvalue weighted by molar-refractivity contribution is 6.21. The molecule has 0 rings (SSSR count). The molecule has 2 heteroatoms. The predicted octanol–water partition coefficient (Wildman–Crippen LogP) is 1.59. The minimum Gasteiger partial charge on any atom is -0.300 e. The minimum atomic E-state index is -0.00231. The Kier molecular flexibility index (Phi) is 3.01. The van der Waals surface area contributed by atoms with E-state index in [1.54, 1.807) is 6.92 Å². The molecule has 1 unspecified atom stereocenters. The van der Waals surface area contributed by atoms with Gasteiger partial charge in [-0.2, -0.15) is 0 Å². The summed E-state index contributed by atoms with van der Waals surface area (Å²) in [5.74, 6) is 0.155. The van der Waals surface area contributed by atoms with Gasteiger partial charge in [0.25, 0.3) is 0 Å². The molecule has 0 heterocycles. The van der Waals surface area contributed by atoms with E-state index in [0.29, 0.717) is 6.42 Å². The zero-order valence-electron chi connectivity index (χ0n) is 4.57. The van der Waals surface area contributed by atoms with E-state index >= 15 is 0 Å². The van der Waals surface area contributed by atoms with Crippen molar-refractivity contribution in [1.82, 2.24) is 0 Å². The normalized spacial score (nSPS) is 13.6. The Bertz CT molecular complexity index is 68.5. The minimum absolute atomic E-state index is 0.00231. The summed E-state index contributed by atoms with van der Waals surface area (Å²) >= 11 is 5.45. The number of ketones is 1. The van der Waals surface area contributed by atoms with Crippen LogP contribution in [0.15, 0.2) is 0 Å². The van der Waals surface area contributed by atoms with Gasteiger partial charge in [-0.15, -0.1) is 11.6 Å². The second-order valence-corrected chi connectivity index (χ2v) is 2.43. The van der Waals surface area contributed by atoms with Gasteiger partial charge in [-0.1, -0.05) is 0 Å². The highest BCUT2D eigenvalue weighted by Crippen LogP contribution is 1.98. The maximum Gasteiger partial charge on any atom is 0.131 e. The van der Waals surface area contributed by atoms with Gasteiger partial charge in [-0.05, 0) is 13.8 Å². The van der Waals surface area contributed by atoms with E-state index in [0.717, 1.165) is 0 Å². The fraction of sp³-hybridized carbons (Fsp3) is 0.800. The summed E-state index contributed by atoms with van der Waals surface area (Å²) in [6.45, 7) is 3.35. The first-order chi connectivity index (χ1) is 3.13. The van der Waals surface area contributed by atoms with Gasteiger partial charge < -0.3 is 0 Å². The van der Waals surface area contributed by atoms with E-state index < -0.39 is 0 Å². The molecule has 1 atom stereocenters. The number of rotatable bonds is 2. The second kappa shape index (κ2) is 3.03. The number of alkyl halides is 1. The lowest BCUT2D eigenvalue weighted by Crippen LogP contribution is -1.98. The van der Waals surface area contributed by atoms with Gasteiger partial charge in [0.2, 0.25) is 0 Å². The van der Waals surface area contributed by atoms with Crippen molar-refractivity contribution in [3.63, 3.8) is 0 Å². The summed E-state index contributed by atoms with van der Waals surface area (Å²) in [7, 11) is 0. The van der Waals surface area contributed by atoms with E-state index in [-0.39, 0.29) is 11.2 Å². The van der Waals surface area contributed by atoms with Crippen LogP contribution in [-0.2, 0) is 4.79 Å². The van der Waals surface area contributed by atoms with Crippen molar-refractivity contribution in [2.75, 3.05) is 0 Å². The zero-order chi connectivity index (χ0) is 5.86. The third-order valence-electron chi connectivity index (χ3n) is 0.569. The molecular formula is C5H9ClO. The fourth-order valence-electron chi connectivity index (χ4n) is 0.396. The van der Waals surface area contributed by atoms with E-state index in [2.05, 4.69) is 0 Å². The fourth-order valence-corrected chi connectivity index (χ4v) is 0.613. The van der Waals surface area contributed by atoms with Crippen molar-refractivity contribution in [2.45, 2.75) is 25.6 Å². The van der Waals surface area contributed by atoms with Gasteiger partial charge in [0.05, 0.1) is 0 Å². The molecule has 7 heavy (non-hydrogen) atoms. The predicted molar refractivity (Wildman–Crippen MR) is 30.6 cm³/mol. The van der Waals surface area contributed by atoms with Crippen molar-refractivity contribution >= 4 is 17.4 Å². The van der Waals surface area contributed by atoms with E-state index in [1.807, 2.05) is 6.92 Å². The molecule has 0 radical (unpaired) electrons. The Morgan fingerprint density at radius 3 is 2.29 bits per heavy atom. The lowest BCUT2D eigenvalue weighted by atomic mass is 10.2. The van der Waals surface area contributed by atoms with Crippen LogP contribution in [-0.4, -0.2) is 11.2 Å². The number of carbonyl (C=O) groups is 1. The first kappa shape index (κ1) is 6.96.